The Kier molecular flexibility index (Phi) is 3.96. The lowest BCUT2D eigenvalue weighted by atomic mass is 10.1. The van der Waals surface area contributed by atoms with Crippen LogP contribution in [-0.4, -0.2) is 34.2 Å². The lowest BCUT2D eigenvalue weighted by Crippen LogP contribution is -2.38. The van der Waals surface area contributed by atoms with E-state index in [1.54, 1.807) is 4.90 Å². The van der Waals surface area contributed by atoms with Gasteiger partial charge in [0.2, 0.25) is 5.89 Å². The van der Waals surface area contributed by atoms with Crippen molar-refractivity contribution in [3.63, 3.8) is 0 Å². The summed E-state index contributed by atoms with van der Waals surface area (Å²) in [5.41, 5.74) is 0. The Morgan fingerprint density at radius 3 is 3.17 bits per heavy atom. The molecule has 0 spiro atoms. The first-order valence-electron chi connectivity index (χ1n) is 6.19. The lowest BCUT2D eigenvalue weighted by molar-refractivity contribution is 0.207. The summed E-state index contributed by atoms with van der Waals surface area (Å²) in [4.78, 5) is 17.8. The van der Waals surface area contributed by atoms with Crippen molar-refractivity contribution in [3.05, 3.63) is 24.4 Å². The highest BCUT2D eigenvalue weighted by Crippen LogP contribution is 2.16. The number of hydrogen-bond acceptors (Lipinski definition) is 4. The summed E-state index contributed by atoms with van der Waals surface area (Å²) in [6.07, 6.45) is 3.59. The van der Waals surface area contributed by atoms with E-state index in [4.69, 9.17) is 4.52 Å². The zero-order chi connectivity index (χ0) is 13.0. The van der Waals surface area contributed by atoms with E-state index in [1.165, 1.54) is 0 Å². The molecule has 6 heteroatoms. The minimum absolute atomic E-state index is 0.0813. The molecule has 0 bridgehead atoms. The number of nitrogens with zero attached hydrogens (tertiary/aromatic N) is 3. The fourth-order valence-electron chi connectivity index (χ4n) is 1.94. The van der Waals surface area contributed by atoms with Gasteiger partial charge in [-0.05, 0) is 12.3 Å². The van der Waals surface area contributed by atoms with Crippen molar-refractivity contribution in [2.45, 2.75) is 26.3 Å². The SMILES string of the molecule is C=CC1CCN(C(=O)NCc2noc(CC)n2)C1. The highest BCUT2D eigenvalue weighted by molar-refractivity contribution is 5.74. The fraction of sp³-hybridized carbons (Fsp3) is 0.583. The normalized spacial score (nSPS) is 18.9. The maximum atomic E-state index is 11.9. The number of likely N-dealkylation sites (tertiary alicyclic amines) is 1. The van der Waals surface area contributed by atoms with E-state index in [0.29, 0.717) is 30.6 Å². The van der Waals surface area contributed by atoms with Crippen LogP contribution in [0.25, 0.3) is 0 Å². The molecule has 1 aromatic rings. The van der Waals surface area contributed by atoms with Gasteiger partial charge >= 0.3 is 6.03 Å². The first-order chi connectivity index (χ1) is 8.72. The zero-order valence-electron chi connectivity index (χ0n) is 10.6. The number of rotatable bonds is 4. The van der Waals surface area contributed by atoms with Crippen LogP contribution in [0, 0.1) is 5.92 Å². The molecule has 1 aliphatic rings. The third-order valence-corrected chi connectivity index (χ3v) is 3.06. The third kappa shape index (κ3) is 2.88. The molecular weight excluding hydrogens is 232 g/mol. The number of carbonyl (C=O) groups excluding carboxylic acids is 1. The molecule has 0 aliphatic carbocycles. The van der Waals surface area contributed by atoms with Gasteiger partial charge in [0, 0.05) is 19.5 Å². The molecule has 2 heterocycles. The molecule has 1 aliphatic heterocycles. The maximum absolute atomic E-state index is 11.9. The molecule has 18 heavy (non-hydrogen) atoms. The van der Waals surface area contributed by atoms with Crippen molar-refractivity contribution in [2.24, 2.45) is 5.92 Å². The van der Waals surface area contributed by atoms with E-state index in [-0.39, 0.29) is 6.03 Å². The average Bonchev–Trinajstić information content (AvgIpc) is 3.04. The van der Waals surface area contributed by atoms with Gasteiger partial charge < -0.3 is 14.7 Å². The Morgan fingerprint density at radius 2 is 2.56 bits per heavy atom. The number of aryl methyl sites for hydroxylation is 1. The number of hydrogen-bond donors (Lipinski definition) is 1. The Bertz CT molecular complexity index is 429. The molecule has 98 valence electrons. The molecule has 1 aromatic heterocycles. The molecule has 0 radical (unpaired) electrons. The first kappa shape index (κ1) is 12.6. The second-order valence-electron chi connectivity index (χ2n) is 4.35. The number of aromatic nitrogens is 2. The van der Waals surface area contributed by atoms with Crippen molar-refractivity contribution >= 4 is 6.03 Å². The molecule has 1 saturated heterocycles. The van der Waals surface area contributed by atoms with Crippen molar-refractivity contribution < 1.29 is 9.32 Å². The van der Waals surface area contributed by atoms with Crippen LogP contribution < -0.4 is 5.32 Å². The van der Waals surface area contributed by atoms with Gasteiger partial charge in [0.1, 0.15) is 0 Å². The van der Waals surface area contributed by atoms with Gasteiger partial charge in [-0.3, -0.25) is 0 Å². The summed E-state index contributed by atoms with van der Waals surface area (Å²) < 4.78 is 4.97. The summed E-state index contributed by atoms with van der Waals surface area (Å²) >= 11 is 0. The second kappa shape index (κ2) is 5.66. The molecule has 2 rings (SSSR count). The smallest absolute Gasteiger partial charge is 0.317 e. The predicted octanol–water partition coefficient (Wildman–Crippen LogP) is 1.35. The molecule has 2 amide bonds. The van der Waals surface area contributed by atoms with Gasteiger partial charge in [-0.2, -0.15) is 4.98 Å². The highest BCUT2D eigenvalue weighted by Gasteiger charge is 2.24. The molecule has 1 atom stereocenters. The summed E-state index contributed by atoms with van der Waals surface area (Å²) in [6, 6.07) is -0.0813. The van der Waals surface area contributed by atoms with Crippen LogP contribution in [0.5, 0.6) is 0 Å². The minimum atomic E-state index is -0.0813. The number of amides is 2. The van der Waals surface area contributed by atoms with Gasteiger partial charge in [-0.25, -0.2) is 4.79 Å². The average molecular weight is 250 g/mol. The zero-order valence-corrected chi connectivity index (χ0v) is 10.6. The Labute approximate surface area is 106 Å². The number of nitrogens with one attached hydrogen (secondary N) is 1. The van der Waals surface area contributed by atoms with Gasteiger partial charge in [-0.1, -0.05) is 18.2 Å². The van der Waals surface area contributed by atoms with Crippen LogP contribution in [0.3, 0.4) is 0 Å². The van der Waals surface area contributed by atoms with E-state index in [1.807, 2.05) is 13.0 Å². The van der Waals surface area contributed by atoms with E-state index < -0.39 is 0 Å². The summed E-state index contributed by atoms with van der Waals surface area (Å²) in [5.74, 6) is 1.51. The van der Waals surface area contributed by atoms with Crippen LogP contribution >= 0.6 is 0 Å². The standard InChI is InChI=1S/C12H18N4O2/c1-3-9-5-6-16(8-9)12(17)13-7-10-14-11(4-2)18-15-10/h3,9H,1,4-8H2,2H3,(H,13,17). The van der Waals surface area contributed by atoms with E-state index in [2.05, 4.69) is 22.0 Å². The highest BCUT2D eigenvalue weighted by atomic mass is 16.5. The molecule has 1 fully saturated rings. The van der Waals surface area contributed by atoms with E-state index in [9.17, 15) is 4.79 Å². The molecular formula is C12H18N4O2. The van der Waals surface area contributed by atoms with Gasteiger partial charge in [-0.15, -0.1) is 6.58 Å². The van der Waals surface area contributed by atoms with Crippen molar-refractivity contribution in [1.29, 1.82) is 0 Å². The van der Waals surface area contributed by atoms with Crippen molar-refractivity contribution in [3.8, 4) is 0 Å². The van der Waals surface area contributed by atoms with Crippen LogP contribution in [0.15, 0.2) is 17.2 Å². The molecule has 0 aromatic carbocycles. The van der Waals surface area contributed by atoms with Gasteiger partial charge in [0.25, 0.3) is 0 Å². The van der Waals surface area contributed by atoms with E-state index in [0.717, 1.165) is 19.5 Å². The molecule has 0 saturated carbocycles. The first-order valence-corrected chi connectivity index (χ1v) is 6.19. The third-order valence-electron chi connectivity index (χ3n) is 3.06. The van der Waals surface area contributed by atoms with Crippen LogP contribution in [0.2, 0.25) is 0 Å². The van der Waals surface area contributed by atoms with Crippen LogP contribution in [-0.2, 0) is 13.0 Å². The minimum Gasteiger partial charge on any atom is -0.339 e. The maximum Gasteiger partial charge on any atom is 0.317 e. The monoisotopic (exact) mass is 250 g/mol. The van der Waals surface area contributed by atoms with E-state index >= 15 is 0 Å². The molecule has 1 N–H and O–H groups in total. The molecule has 6 nitrogen and oxygen atoms in total. The van der Waals surface area contributed by atoms with Crippen LogP contribution in [0.1, 0.15) is 25.1 Å². The van der Waals surface area contributed by atoms with Gasteiger partial charge in [0.15, 0.2) is 5.82 Å². The Morgan fingerprint density at radius 1 is 1.72 bits per heavy atom. The quantitative estimate of drug-likeness (QED) is 0.819. The lowest BCUT2D eigenvalue weighted by Gasteiger charge is -2.15. The predicted molar refractivity (Wildman–Crippen MR) is 65.8 cm³/mol. The largest absolute Gasteiger partial charge is 0.339 e. The summed E-state index contributed by atoms with van der Waals surface area (Å²) in [6.45, 7) is 7.51. The number of carbonyl (C=O) groups is 1. The number of urea groups is 1. The van der Waals surface area contributed by atoms with Crippen LogP contribution in [0.4, 0.5) is 4.79 Å². The summed E-state index contributed by atoms with van der Waals surface area (Å²) in [5, 5.41) is 6.57. The van der Waals surface area contributed by atoms with Crippen molar-refractivity contribution in [1.82, 2.24) is 20.4 Å². The second-order valence-corrected chi connectivity index (χ2v) is 4.35. The molecule has 1 unspecified atom stereocenters. The van der Waals surface area contributed by atoms with Crippen molar-refractivity contribution in [2.75, 3.05) is 13.1 Å². The summed E-state index contributed by atoms with van der Waals surface area (Å²) in [7, 11) is 0. The topological polar surface area (TPSA) is 71.3 Å². The Hall–Kier alpha value is -1.85. The Balaban J connectivity index is 1.79. The fourth-order valence-corrected chi connectivity index (χ4v) is 1.94. The van der Waals surface area contributed by atoms with Gasteiger partial charge in [0.05, 0.1) is 6.54 Å².